The number of hydrogen-bond donors (Lipinski definition) is 4. The van der Waals surface area contributed by atoms with E-state index in [1.54, 1.807) is 40.0 Å². The van der Waals surface area contributed by atoms with Crippen LogP contribution < -0.4 is 10.9 Å². The summed E-state index contributed by atoms with van der Waals surface area (Å²) in [6.45, 7) is 11.2. The topological polar surface area (TPSA) is 208 Å². The lowest BCUT2D eigenvalue weighted by Gasteiger charge is -2.47. The van der Waals surface area contributed by atoms with Crippen LogP contribution in [0.4, 0.5) is 10.5 Å². The molecule has 368 valence electrons. The number of ketones is 2. The number of aliphatic hydroxyl groups is 2. The number of amides is 2. The van der Waals surface area contributed by atoms with Crippen LogP contribution in [0.2, 0.25) is 0 Å². The molecule has 4 aliphatic rings. The molecule has 1 aliphatic carbocycles. The normalized spacial score (nSPS) is 36.8. The minimum atomic E-state index is -2.53. The maximum absolute atomic E-state index is 14.5. The highest BCUT2D eigenvalue weighted by Crippen LogP contribution is 2.39. The number of allylic oxidation sites excluding steroid dienone is 3. The van der Waals surface area contributed by atoms with Crippen LogP contribution in [0.15, 0.2) is 53.6 Å². The maximum atomic E-state index is 14.5. The first kappa shape index (κ1) is 52.8. The van der Waals surface area contributed by atoms with Gasteiger partial charge in [0.15, 0.2) is 0 Å². The van der Waals surface area contributed by atoms with E-state index in [-0.39, 0.29) is 43.4 Å². The Hall–Kier alpha value is -4.19. The van der Waals surface area contributed by atoms with E-state index in [9.17, 15) is 34.2 Å². The minimum Gasteiger partial charge on any atom is -0.456 e. The van der Waals surface area contributed by atoms with E-state index in [0.29, 0.717) is 62.6 Å². The van der Waals surface area contributed by atoms with Gasteiger partial charge in [0.05, 0.1) is 30.1 Å². The van der Waals surface area contributed by atoms with Gasteiger partial charge in [-0.15, -0.1) is 0 Å². The predicted octanol–water partition coefficient (Wildman–Crippen LogP) is 6.23. The largest absolute Gasteiger partial charge is 0.456 e. The lowest BCUT2D eigenvalue weighted by atomic mass is 9.81. The Balaban J connectivity index is 1.44. The van der Waals surface area contributed by atoms with Crippen LogP contribution in [0, 0.1) is 29.6 Å². The second-order valence-corrected chi connectivity index (χ2v) is 19.1. The molecule has 3 fully saturated rings. The fourth-order valence-electron chi connectivity index (χ4n) is 10.3. The number of anilines is 1. The van der Waals surface area contributed by atoms with Crippen molar-refractivity contribution in [3.63, 3.8) is 0 Å². The van der Waals surface area contributed by atoms with E-state index >= 15 is 0 Å². The summed E-state index contributed by atoms with van der Waals surface area (Å²) in [4.78, 5) is 71.1. The lowest BCUT2D eigenvalue weighted by Crippen LogP contribution is -2.64. The summed E-state index contributed by atoms with van der Waals surface area (Å²) in [6.07, 6.45) is 2.42. The van der Waals surface area contributed by atoms with Crippen LogP contribution in [-0.4, -0.2) is 127 Å². The molecular formula is C50H75N3O13. The fourth-order valence-corrected chi connectivity index (χ4v) is 10.3. The van der Waals surface area contributed by atoms with Crippen LogP contribution in [0.25, 0.3) is 0 Å². The third-order valence-corrected chi connectivity index (χ3v) is 14.2. The molecule has 16 heteroatoms. The van der Waals surface area contributed by atoms with E-state index in [1.807, 2.05) is 51.1 Å². The SMILES string of the molecule is CCC1/C=C(/C)CC(C)CC(OC)C2OC(O)(C(=O)C(=O)N3CCCCC3C(=O)OC(/C(C)=C/C3CCC(OC(=O)NNc4ccccc4)C(OC)C3)C(C)C(O)CC1=O)C(C)CC2OC. The molecule has 2 amide bonds. The zero-order valence-electron chi connectivity index (χ0n) is 40.4. The maximum Gasteiger partial charge on any atom is 0.426 e. The summed E-state index contributed by atoms with van der Waals surface area (Å²) in [5, 5.41) is 23.9. The van der Waals surface area contributed by atoms with Gasteiger partial charge < -0.3 is 43.5 Å². The number of nitrogens with zero attached hydrogens (tertiary/aromatic N) is 1. The lowest BCUT2D eigenvalue weighted by molar-refractivity contribution is -0.302. The Bertz CT molecular complexity index is 1880. The molecule has 66 heavy (non-hydrogen) atoms. The molecule has 14 unspecified atom stereocenters. The Morgan fingerprint density at radius 1 is 0.909 bits per heavy atom. The summed E-state index contributed by atoms with van der Waals surface area (Å²) < 4.78 is 35.9. The van der Waals surface area contributed by atoms with Crippen LogP contribution in [0.1, 0.15) is 112 Å². The van der Waals surface area contributed by atoms with Gasteiger partial charge in [0.2, 0.25) is 5.79 Å². The van der Waals surface area contributed by atoms with Crippen LogP contribution in [0.3, 0.4) is 0 Å². The first-order chi connectivity index (χ1) is 31.4. The highest BCUT2D eigenvalue weighted by Gasteiger charge is 2.56. The molecule has 3 aliphatic heterocycles. The van der Waals surface area contributed by atoms with Crippen molar-refractivity contribution in [3.8, 4) is 0 Å². The van der Waals surface area contributed by atoms with Gasteiger partial charge in [-0.1, -0.05) is 63.6 Å². The number of Topliss-reactive ketones (excluding diaryl/α,β-unsaturated/α-hetero) is 2. The smallest absolute Gasteiger partial charge is 0.426 e. The number of ether oxygens (including phenoxy) is 6. The number of hydrazine groups is 1. The number of carbonyl (C=O) groups excluding carboxylic acids is 5. The Labute approximate surface area is 390 Å². The number of nitrogens with one attached hydrogen (secondary N) is 2. The number of esters is 1. The van der Waals surface area contributed by atoms with Gasteiger partial charge in [0.1, 0.15) is 30.1 Å². The van der Waals surface area contributed by atoms with Crippen molar-refractivity contribution in [3.05, 3.63) is 53.6 Å². The fraction of sp³-hybridized carbons (Fsp3) is 0.700. The van der Waals surface area contributed by atoms with Gasteiger partial charge in [-0.05, 0) is 108 Å². The average Bonchev–Trinajstić information content (AvgIpc) is 3.31. The quantitative estimate of drug-likeness (QED) is 0.0937. The summed E-state index contributed by atoms with van der Waals surface area (Å²) >= 11 is 0. The van der Waals surface area contributed by atoms with E-state index in [4.69, 9.17) is 28.4 Å². The highest BCUT2D eigenvalue weighted by molar-refractivity contribution is 6.39. The van der Waals surface area contributed by atoms with E-state index < -0.39 is 96.1 Å². The molecule has 3 heterocycles. The molecule has 1 aromatic carbocycles. The standard InChI is InChI=1S/C50H75N3O13/c1-10-35-23-29(2)22-30(3)24-42(62-8)45-43(63-9)26-32(5)50(60,66-45)46(56)47(57)53-21-15-14-18-37(53)48(58)65-44(33(6)38(54)28-39(35)55)31(4)25-34-19-20-40(41(27-34)61-7)64-49(59)52-51-36-16-12-11-13-17-36/h11-13,16-17,23,25,30,32-35,37-38,40-45,51,54,60H,10,14-15,18-22,24,26-28H2,1-9H3,(H,52,59)/b29-23-,31-25+. The van der Waals surface area contributed by atoms with Gasteiger partial charge >= 0.3 is 12.1 Å². The first-order valence-corrected chi connectivity index (χ1v) is 23.8. The van der Waals surface area contributed by atoms with Crippen molar-refractivity contribution in [1.29, 1.82) is 0 Å². The number of fused-ring (bicyclic) bond motifs is 3. The van der Waals surface area contributed by atoms with Gasteiger partial charge in [-0.2, -0.15) is 0 Å². The summed E-state index contributed by atoms with van der Waals surface area (Å²) in [7, 11) is 4.61. The van der Waals surface area contributed by atoms with Crippen molar-refractivity contribution < 1.29 is 62.6 Å². The Morgan fingerprint density at radius 3 is 2.26 bits per heavy atom. The van der Waals surface area contributed by atoms with Gasteiger partial charge in [0.25, 0.3) is 11.7 Å². The summed E-state index contributed by atoms with van der Waals surface area (Å²) in [5.74, 6) is -7.85. The predicted molar refractivity (Wildman–Crippen MR) is 246 cm³/mol. The number of methoxy groups -OCH3 is 3. The molecule has 0 radical (unpaired) electrons. The third-order valence-electron chi connectivity index (χ3n) is 14.2. The Kier molecular flexibility index (Phi) is 19.4. The molecule has 0 aromatic heterocycles. The van der Waals surface area contributed by atoms with E-state index in [0.717, 1.165) is 5.57 Å². The van der Waals surface area contributed by atoms with Crippen LogP contribution >= 0.6 is 0 Å². The van der Waals surface area contributed by atoms with Crippen molar-refractivity contribution in [1.82, 2.24) is 10.3 Å². The van der Waals surface area contributed by atoms with Crippen molar-refractivity contribution in [2.75, 3.05) is 33.3 Å². The highest BCUT2D eigenvalue weighted by atomic mass is 16.7. The minimum absolute atomic E-state index is 0.0145. The van der Waals surface area contributed by atoms with E-state index in [2.05, 4.69) is 10.9 Å². The molecule has 1 saturated carbocycles. The number of aliphatic hydroxyl groups excluding tert-OH is 1. The van der Waals surface area contributed by atoms with Crippen molar-refractivity contribution in [2.45, 2.75) is 167 Å². The average molecular weight is 926 g/mol. The molecule has 4 N–H and O–H groups in total. The summed E-state index contributed by atoms with van der Waals surface area (Å²) in [5.41, 5.74) is 7.68. The van der Waals surface area contributed by atoms with Crippen LogP contribution in [0.5, 0.6) is 0 Å². The van der Waals surface area contributed by atoms with Crippen LogP contribution in [-0.2, 0) is 47.6 Å². The number of rotatable bonds is 9. The molecule has 5 rings (SSSR count). The number of piperidine rings is 1. The molecule has 2 bridgehead atoms. The number of cyclic esters (lactones) is 1. The monoisotopic (exact) mass is 926 g/mol. The number of hydrogen-bond acceptors (Lipinski definition) is 14. The molecule has 14 atom stereocenters. The second-order valence-electron chi connectivity index (χ2n) is 19.1. The zero-order valence-corrected chi connectivity index (χ0v) is 40.4. The van der Waals surface area contributed by atoms with Gasteiger partial charge in [-0.25, -0.2) is 15.0 Å². The molecule has 0 spiro atoms. The summed E-state index contributed by atoms with van der Waals surface area (Å²) in [6, 6.07) is 7.97. The number of benzene rings is 1. The van der Waals surface area contributed by atoms with Gasteiger partial charge in [0, 0.05) is 52.0 Å². The second kappa shape index (κ2) is 24.2. The molecule has 1 aromatic rings. The molecule has 16 nitrogen and oxygen atoms in total. The molecular weight excluding hydrogens is 851 g/mol. The molecule has 2 saturated heterocycles. The van der Waals surface area contributed by atoms with E-state index in [1.165, 1.54) is 19.1 Å². The van der Waals surface area contributed by atoms with Gasteiger partial charge in [-0.3, -0.25) is 19.8 Å². The first-order valence-electron chi connectivity index (χ1n) is 23.8. The number of para-hydroxylation sites is 1. The van der Waals surface area contributed by atoms with Crippen molar-refractivity contribution in [2.24, 2.45) is 29.6 Å². The zero-order chi connectivity index (χ0) is 48.3. The number of carbonyl (C=O) groups is 5. The van der Waals surface area contributed by atoms with Crippen molar-refractivity contribution >= 4 is 35.2 Å². The third kappa shape index (κ3) is 13.1. The Morgan fingerprint density at radius 2 is 1.59 bits per heavy atom.